The summed E-state index contributed by atoms with van der Waals surface area (Å²) in [4.78, 5) is 22.2. The van der Waals surface area contributed by atoms with Crippen LogP contribution >= 0.6 is 11.6 Å². The third-order valence-corrected chi connectivity index (χ3v) is 2.65. The van der Waals surface area contributed by atoms with Crippen molar-refractivity contribution in [3.05, 3.63) is 38.9 Å². The molecule has 1 aromatic carbocycles. The van der Waals surface area contributed by atoms with Crippen LogP contribution in [0, 0.1) is 10.1 Å². The summed E-state index contributed by atoms with van der Waals surface area (Å²) in [5.41, 5.74) is -1.22. The number of amides is 1. The molecule has 1 rings (SSSR count). The zero-order valence-electron chi connectivity index (χ0n) is 10.4. The van der Waals surface area contributed by atoms with Crippen LogP contribution in [0.3, 0.4) is 0 Å². The Bertz CT molecular complexity index is 551. The highest BCUT2D eigenvalue weighted by Gasteiger charge is 2.35. The van der Waals surface area contributed by atoms with Gasteiger partial charge in [-0.2, -0.15) is 13.2 Å². The lowest BCUT2D eigenvalue weighted by Crippen LogP contribution is -2.40. The molecule has 0 bridgehead atoms. The number of halogens is 4. The van der Waals surface area contributed by atoms with Gasteiger partial charge in [0.1, 0.15) is 12.1 Å². The van der Waals surface area contributed by atoms with Gasteiger partial charge in [0.25, 0.3) is 11.6 Å². The van der Waals surface area contributed by atoms with E-state index in [9.17, 15) is 28.1 Å². The van der Waals surface area contributed by atoms with Crippen LogP contribution < -0.4 is 0 Å². The van der Waals surface area contributed by atoms with E-state index in [1.807, 2.05) is 0 Å². The van der Waals surface area contributed by atoms with Crippen molar-refractivity contribution < 1.29 is 28.0 Å². The molecule has 0 saturated carbocycles. The Hall–Kier alpha value is -1.87. The standard InChI is InChI=1S/C11H10ClF3N2O4/c12-7-1-2-8(9(5-7)17(20)21)10(19)16(3-4-18)6-11(13,14)15/h1-2,5,18H,3-4,6H2. The zero-order valence-corrected chi connectivity index (χ0v) is 11.2. The van der Waals surface area contributed by atoms with E-state index in [1.54, 1.807) is 0 Å². The van der Waals surface area contributed by atoms with Gasteiger partial charge in [0.15, 0.2) is 0 Å². The first-order chi connectivity index (χ1) is 9.65. The number of benzene rings is 1. The third-order valence-electron chi connectivity index (χ3n) is 2.41. The van der Waals surface area contributed by atoms with Crippen LogP contribution in [0.4, 0.5) is 18.9 Å². The van der Waals surface area contributed by atoms with Crippen molar-refractivity contribution in [2.45, 2.75) is 6.18 Å². The number of rotatable bonds is 5. The van der Waals surface area contributed by atoms with Gasteiger partial charge in [0.05, 0.1) is 11.5 Å². The Balaban J connectivity index is 3.17. The molecule has 21 heavy (non-hydrogen) atoms. The second-order valence-electron chi connectivity index (χ2n) is 3.98. The summed E-state index contributed by atoms with van der Waals surface area (Å²) in [6.45, 7) is -2.92. The summed E-state index contributed by atoms with van der Waals surface area (Å²) < 4.78 is 37.2. The number of aliphatic hydroxyl groups excluding tert-OH is 1. The topological polar surface area (TPSA) is 83.7 Å². The van der Waals surface area contributed by atoms with Crippen molar-refractivity contribution in [1.82, 2.24) is 4.90 Å². The lowest BCUT2D eigenvalue weighted by molar-refractivity contribution is -0.385. The molecule has 0 saturated heterocycles. The molecule has 0 unspecified atom stereocenters. The summed E-state index contributed by atoms with van der Waals surface area (Å²) >= 11 is 5.56. The maximum absolute atomic E-state index is 12.4. The maximum Gasteiger partial charge on any atom is 0.406 e. The van der Waals surface area contributed by atoms with Crippen LogP contribution in [-0.2, 0) is 0 Å². The summed E-state index contributed by atoms with van der Waals surface area (Å²) in [6.07, 6.45) is -4.69. The quantitative estimate of drug-likeness (QED) is 0.664. The first-order valence-electron chi connectivity index (χ1n) is 5.56. The van der Waals surface area contributed by atoms with Crippen LogP contribution in [0.1, 0.15) is 10.4 Å². The molecule has 1 aromatic rings. The molecule has 0 spiro atoms. The van der Waals surface area contributed by atoms with Gasteiger partial charge in [-0.25, -0.2) is 0 Å². The molecule has 0 atom stereocenters. The highest BCUT2D eigenvalue weighted by molar-refractivity contribution is 6.31. The van der Waals surface area contributed by atoms with E-state index in [-0.39, 0.29) is 9.92 Å². The highest BCUT2D eigenvalue weighted by atomic mass is 35.5. The monoisotopic (exact) mass is 326 g/mol. The van der Waals surface area contributed by atoms with Crippen LogP contribution in [0.15, 0.2) is 18.2 Å². The van der Waals surface area contributed by atoms with Crippen molar-refractivity contribution >= 4 is 23.2 Å². The molecular weight excluding hydrogens is 317 g/mol. The zero-order chi connectivity index (χ0) is 16.2. The van der Waals surface area contributed by atoms with Gasteiger partial charge in [0.2, 0.25) is 0 Å². The number of alkyl halides is 3. The Labute approximate surface area is 121 Å². The second-order valence-corrected chi connectivity index (χ2v) is 4.42. The van der Waals surface area contributed by atoms with Crippen LogP contribution in [0.25, 0.3) is 0 Å². The number of nitrogens with zero attached hydrogens (tertiary/aromatic N) is 2. The molecule has 0 aliphatic rings. The molecule has 0 aromatic heterocycles. The molecule has 6 nitrogen and oxygen atoms in total. The van der Waals surface area contributed by atoms with Crippen molar-refractivity contribution in [3.8, 4) is 0 Å². The fourth-order valence-corrected chi connectivity index (χ4v) is 1.76. The summed E-state index contributed by atoms with van der Waals surface area (Å²) in [7, 11) is 0. The lowest BCUT2D eigenvalue weighted by Gasteiger charge is -2.23. The minimum absolute atomic E-state index is 0.0252. The Morgan fingerprint density at radius 3 is 2.52 bits per heavy atom. The third kappa shape index (κ3) is 4.87. The SMILES string of the molecule is O=C(c1ccc(Cl)cc1[N+](=O)[O-])N(CCO)CC(F)(F)F. The predicted octanol–water partition coefficient (Wildman–Crippen LogP) is 2.25. The van der Waals surface area contributed by atoms with E-state index in [0.717, 1.165) is 18.2 Å². The number of hydrogen-bond acceptors (Lipinski definition) is 4. The molecule has 10 heteroatoms. The lowest BCUT2D eigenvalue weighted by atomic mass is 10.1. The number of hydrogen-bond donors (Lipinski definition) is 1. The summed E-state index contributed by atoms with van der Waals surface area (Å²) in [6, 6.07) is 3.01. The Kier molecular flexibility index (Phi) is 5.50. The van der Waals surface area contributed by atoms with E-state index < -0.39 is 48.0 Å². The van der Waals surface area contributed by atoms with Gasteiger partial charge in [-0.05, 0) is 12.1 Å². The van der Waals surface area contributed by atoms with Gasteiger partial charge in [0, 0.05) is 17.6 Å². The second kappa shape index (κ2) is 6.72. The van der Waals surface area contributed by atoms with Gasteiger partial charge in [-0.15, -0.1) is 0 Å². The maximum atomic E-state index is 12.4. The Morgan fingerprint density at radius 1 is 1.43 bits per heavy atom. The summed E-state index contributed by atoms with van der Waals surface area (Å²) in [5, 5.41) is 19.6. The number of aliphatic hydroxyl groups is 1. The number of carbonyl (C=O) groups excluding carboxylic acids is 1. The van der Waals surface area contributed by atoms with Crippen LogP contribution in [0.2, 0.25) is 5.02 Å². The molecular formula is C11H10ClF3N2O4. The van der Waals surface area contributed by atoms with E-state index in [2.05, 4.69) is 0 Å². The number of nitro benzene ring substituents is 1. The van der Waals surface area contributed by atoms with E-state index in [0.29, 0.717) is 0 Å². The van der Waals surface area contributed by atoms with E-state index >= 15 is 0 Å². The van der Waals surface area contributed by atoms with E-state index in [4.69, 9.17) is 16.7 Å². The van der Waals surface area contributed by atoms with E-state index in [1.165, 1.54) is 0 Å². The summed E-state index contributed by atoms with van der Waals surface area (Å²) in [5.74, 6) is -1.20. The largest absolute Gasteiger partial charge is 0.406 e. The van der Waals surface area contributed by atoms with Gasteiger partial charge < -0.3 is 10.0 Å². The predicted molar refractivity (Wildman–Crippen MR) is 67.2 cm³/mol. The molecule has 0 radical (unpaired) electrons. The average molecular weight is 327 g/mol. The van der Waals surface area contributed by atoms with Crippen molar-refractivity contribution in [2.24, 2.45) is 0 Å². The van der Waals surface area contributed by atoms with Gasteiger partial charge >= 0.3 is 6.18 Å². The van der Waals surface area contributed by atoms with Crippen molar-refractivity contribution in [3.63, 3.8) is 0 Å². The first-order valence-corrected chi connectivity index (χ1v) is 5.94. The normalized spacial score (nSPS) is 11.3. The van der Waals surface area contributed by atoms with Crippen LogP contribution in [0.5, 0.6) is 0 Å². The molecule has 1 amide bonds. The number of carbonyl (C=O) groups is 1. The van der Waals surface area contributed by atoms with Crippen molar-refractivity contribution in [1.29, 1.82) is 0 Å². The molecule has 1 N–H and O–H groups in total. The van der Waals surface area contributed by atoms with Crippen molar-refractivity contribution in [2.75, 3.05) is 19.7 Å². The molecule has 0 heterocycles. The Morgan fingerprint density at radius 2 is 2.05 bits per heavy atom. The molecule has 0 aliphatic heterocycles. The minimum Gasteiger partial charge on any atom is -0.395 e. The van der Waals surface area contributed by atoms with Gasteiger partial charge in [-0.3, -0.25) is 14.9 Å². The minimum atomic E-state index is -4.69. The van der Waals surface area contributed by atoms with Gasteiger partial charge in [-0.1, -0.05) is 11.6 Å². The first kappa shape index (κ1) is 17.2. The average Bonchev–Trinajstić information content (AvgIpc) is 2.35. The molecule has 0 fully saturated rings. The smallest absolute Gasteiger partial charge is 0.395 e. The highest BCUT2D eigenvalue weighted by Crippen LogP contribution is 2.26. The molecule has 116 valence electrons. The number of nitro groups is 1. The molecule has 0 aliphatic carbocycles. The van der Waals surface area contributed by atoms with Crippen LogP contribution in [-0.4, -0.2) is 46.7 Å². The fraction of sp³-hybridized carbons (Fsp3) is 0.364. The fourth-order valence-electron chi connectivity index (χ4n) is 1.60.